The van der Waals surface area contributed by atoms with Crippen molar-refractivity contribution < 1.29 is 32.7 Å². The molecule has 43 heavy (non-hydrogen) atoms. The highest BCUT2D eigenvalue weighted by molar-refractivity contribution is 5.97. The molecule has 6 bridgehead atoms. The molecule has 0 unspecified atom stereocenters. The van der Waals surface area contributed by atoms with Crippen LogP contribution in [-0.4, -0.2) is 54.5 Å². The van der Waals surface area contributed by atoms with E-state index < -0.39 is 23.9 Å². The molecule has 0 saturated carbocycles. The van der Waals surface area contributed by atoms with Crippen LogP contribution in [0.5, 0.6) is 11.5 Å². The van der Waals surface area contributed by atoms with Crippen LogP contribution in [-0.2, 0) is 11.3 Å². The highest BCUT2D eigenvalue weighted by atomic mass is 19.1. The first kappa shape index (κ1) is 28.0. The summed E-state index contributed by atoms with van der Waals surface area (Å²) in [4.78, 5) is 41.0. The quantitative estimate of drug-likeness (QED) is 0.344. The number of hydrogen-bond acceptors (Lipinski definition) is 6. The van der Waals surface area contributed by atoms with Crippen molar-refractivity contribution in [1.82, 2.24) is 15.5 Å². The predicted molar refractivity (Wildman–Crippen MR) is 155 cm³/mol. The monoisotopic (exact) mass is 583 g/mol. The Balaban J connectivity index is 1.34. The molecule has 1 aromatic heterocycles. The van der Waals surface area contributed by atoms with Crippen LogP contribution in [0.1, 0.15) is 37.8 Å². The molecule has 3 aromatic carbocycles. The average Bonchev–Trinajstić information content (AvgIpc) is 3.56. The molecule has 9 nitrogen and oxygen atoms in total. The Labute approximate surface area is 247 Å². The Morgan fingerprint density at radius 2 is 1.72 bits per heavy atom. The van der Waals surface area contributed by atoms with Crippen molar-refractivity contribution in [3.63, 3.8) is 0 Å². The number of halogens is 1. The minimum Gasteiger partial charge on any atom is -0.486 e. The third-order valence-electron chi connectivity index (χ3n) is 7.59. The van der Waals surface area contributed by atoms with Crippen LogP contribution in [0.25, 0.3) is 11.1 Å². The van der Waals surface area contributed by atoms with E-state index in [9.17, 15) is 14.4 Å². The van der Waals surface area contributed by atoms with E-state index in [-0.39, 0.29) is 37.1 Å². The maximum absolute atomic E-state index is 15.0. The van der Waals surface area contributed by atoms with Crippen molar-refractivity contribution in [2.75, 3.05) is 19.7 Å². The number of carbonyl (C=O) groups is 3. The van der Waals surface area contributed by atoms with Gasteiger partial charge < -0.3 is 29.4 Å². The summed E-state index contributed by atoms with van der Waals surface area (Å²) >= 11 is 0. The fourth-order valence-corrected chi connectivity index (χ4v) is 5.36. The Bertz CT molecular complexity index is 1700. The van der Waals surface area contributed by atoms with Gasteiger partial charge in [0, 0.05) is 13.1 Å². The van der Waals surface area contributed by atoms with Crippen molar-refractivity contribution in [3.8, 4) is 22.6 Å². The molecule has 2 N–H and O–H groups in total. The lowest BCUT2D eigenvalue weighted by atomic mass is 10.0. The molecular formula is C33H30FN3O6. The third-order valence-corrected chi connectivity index (χ3v) is 7.59. The Morgan fingerprint density at radius 1 is 0.930 bits per heavy atom. The molecule has 220 valence electrons. The number of fused-ring (bicyclic) bond motifs is 7. The largest absolute Gasteiger partial charge is 0.486 e. The number of rotatable bonds is 1. The van der Waals surface area contributed by atoms with Crippen molar-refractivity contribution in [2.24, 2.45) is 0 Å². The second kappa shape index (κ2) is 11.6. The molecule has 0 aliphatic carbocycles. The van der Waals surface area contributed by atoms with Crippen molar-refractivity contribution in [2.45, 2.75) is 32.5 Å². The van der Waals surface area contributed by atoms with Gasteiger partial charge in [0.1, 0.15) is 34.9 Å². The van der Waals surface area contributed by atoms with E-state index >= 15 is 4.39 Å². The van der Waals surface area contributed by atoms with Gasteiger partial charge in [-0.2, -0.15) is 0 Å². The Morgan fingerprint density at radius 3 is 2.49 bits per heavy atom. The first-order valence-electron chi connectivity index (χ1n) is 14.0. The van der Waals surface area contributed by atoms with Gasteiger partial charge in [-0.05, 0) is 73.0 Å². The lowest BCUT2D eigenvalue weighted by Crippen LogP contribution is -2.45. The molecule has 3 aliphatic rings. The SMILES string of the molecule is Cc1cc(C(=O)N2C[C@@H]3NC(=O)c4cc(ccc4F)-c4cccc(c4)OCC(=O)NCc4ccc(cc4)O[C@H]3C2)c(C)o1. The molecular weight excluding hydrogens is 553 g/mol. The van der Waals surface area contributed by atoms with Gasteiger partial charge in [0.05, 0.1) is 23.7 Å². The minimum atomic E-state index is -0.684. The van der Waals surface area contributed by atoms with E-state index in [1.807, 2.05) is 12.1 Å². The van der Waals surface area contributed by atoms with Crippen molar-refractivity contribution in [1.29, 1.82) is 0 Å². The molecule has 3 amide bonds. The van der Waals surface area contributed by atoms with Crippen molar-refractivity contribution >= 4 is 17.7 Å². The maximum atomic E-state index is 15.0. The molecule has 1 saturated heterocycles. The second-order valence-electron chi connectivity index (χ2n) is 10.7. The topological polar surface area (TPSA) is 110 Å². The standard InChI is InChI=1S/C33H30FN3O6/c1-19-12-26(20(2)42-19)33(40)37-16-29-30(17-37)43-24-9-6-21(7-10-24)15-35-31(38)18-41-25-5-3-4-22(13-25)23-8-11-28(34)27(14-23)32(39)36-29/h3-14,29-30H,15-18H2,1-2H3,(H,35,38)(H,36,39)/t29-,30-/m0/s1. The molecule has 0 radical (unpaired) electrons. The lowest BCUT2D eigenvalue weighted by Gasteiger charge is -2.21. The van der Waals surface area contributed by atoms with Crippen LogP contribution < -0.4 is 20.1 Å². The zero-order valence-electron chi connectivity index (χ0n) is 23.7. The van der Waals surface area contributed by atoms with Gasteiger partial charge in [0.25, 0.3) is 17.7 Å². The summed E-state index contributed by atoms with van der Waals surface area (Å²) in [6.45, 7) is 3.97. The number of carbonyl (C=O) groups excluding carboxylic acids is 3. The van der Waals surface area contributed by atoms with Gasteiger partial charge in [0.2, 0.25) is 0 Å². The fourth-order valence-electron chi connectivity index (χ4n) is 5.36. The number of ether oxygens (including phenoxy) is 2. The maximum Gasteiger partial charge on any atom is 0.258 e. The molecule has 1 fully saturated rings. The van der Waals surface area contributed by atoms with Crippen LogP contribution in [0.3, 0.4) is 0 Å². The summed E-state index contributed by atoms with van der Waals surface area (Å²) < 4.78 is 32.5. The molecule has 2 atom stereocenters. The van der Waals surface area contributed by atoms with Gasteiger partial charge in [-0.15, -0.1) is 0 Å². The predicted octanol–water partition coefficient (Wildman–Crippen LogP) is 4.41. The first-order valence-corrected chi connectivity index (χ1v) is 14.0. The van der Waals surface area contributed by atoms with E-state index in [4.69, 9.17) is 13.9 Å². The molecule has 10 heteroatoms. The lowest BCUT2D eigenvalue weighted by molar-refractivity contribution is -0.123. The number of amides is 3. The van der Waals surface area contributed by atoms with E-state index in [1.54, 1.807) is 67.3 Å². The number of hydrogen-bond donors (Lipinski definition) is 2. The molecule has 7 rings (SSSR count). The summed E-state index contributed by atoms with van der Waals surface area (Å²) in [5.74, 6) is 0.263. The average molecular weight is 584 g/mol. The van der Waals surface area contributed by atoms with E-state index in [0.717, 1.165) is 5.56 Å². The van der Waals surface area contributed by atoms with Crippen LogP contribution in [0.2, 0.25) is 0 Å². The first-order chi connectivity index (χ1) is 20.7. The van der Waals surface area contributed by atoms with Gasteiger partial charge >= 0.3 is 0 Å². The third kappa shape index (κ3) is 6.08. The van der Waals surface area contributed by atoms with E-state index in [2.05, 4.69) is 10.6 Å². The minimum absolute atomic E-state index is 0.146. The highest BCUT2D eigenvalue weighted by Gasteiger charge is 2.39. The fraction of sp³-hybridized carbons (Fsp3) is 0.242. The van der Waals surface area contributed by atoms with Crippen LogP contribution >= 0.6 is 0 Å². The van der Waals surface area contributed by atoms with E-state index in [1.165, 1.54) is 12.1 Å². The van der Waals surface area contributed by atoms with Crippen LogP contribution in [0, 0.1) is 19.7 Å². The van der Waals surface area contributed by atoms with Gasteiger partial charge in [-0.3, -0.25) is 14.4 Å². The van der Waals surface area contributed by atoms with E-state index in [0.29, 0.717) is 46.3 Å². The zero-order chi connectivity index (χ0) is 30.1. The number of benzene rings is 3. The highest BCUT2D eigenvalue weighted by Crippen LogP contribution is 2.27. The molecule has 4 aromatic rings. The number of nitrogens with zero attached hydrogens (tertiary/aromatic N) is 1. The van der Waals surface area contributed by atoms with Crippen LogP contribution in [0.15, 0.2) is 77.2 Å². The normalized spacial score (nSPS) is 18.6. The van der Waals surface area contributed by atoms with Crippen LogP contribution in [0.4, 0.5) is 4.39 Å². The summed E-state index contributed by atoms with van der Waals surface area (Å²) in [6.07, 6.45) is -0.613. The smallest absolute Gasteiger partial charge is 0.258 e. The van der Waals surface area contributed by atoms with Gasteiger partial charge in [0.15, 0.2) is 6.61 Å². The Kier molecular flexibility index (Phi) is 7.58. The number of likely N-dealkylation sites (tertiary alicyclic amines) is 1. The number of furan rings is 1. The van der Waals surface area contributed by atoms with Gasteiger partial charge in [-0.25, -0.2) is 4.39 Å². The second-order valence-corrected chi connectivity index (χ2v) is 10.7. The van der Waals surface area contributed by atoms with Gasteiger partial charge in [-0.1, -0.05) is 30.3 Å². The number of nitrogens with one attached hydrogen (secondary N) is 2. The summed E-state index contributed by atoms with van der Waals surface area (Å²) in [6, 6.07) is 19.5. The molecule has 3 aliphatic heterocycles. The summed E-state index contributed by atoms with van der Waals surface area (Å²) in [5.41, 5.74) is 2.43. The van der Waals surface area contributed by atoms with Crippen molar-refractivity contribution in [3.05, 3.63) is 107 Å². The zero-order valence-corrected chi connectivity index (χ0v) is 23.7. The summed E-state index contributed by atoms with van der Waals surface area (Å²) in [5, 5.41) is 5.75. The summed E-state index contributed by atoms with van der Waals surface area (Å²) in [7, 11) is 0. The Hall–Kier alpha value is -5.12. The number of aryl methyl sites for hydroxylation is 2. The molecule has 0 spiro atoms. The molecule has 4 heterocycles.